The fourth-order valence-electron chi connectivity index (χ4n) is 1.19. The number of hydrazine groups is 1. The van der Waals surface area contributed by atoms with Crippen LogP contribution in [-0.4, -0.2) is 11.7 Å². The Morgan fingerprint density at radius 1 is 1.70 bits per heavy atom. The van der Waals surface area contributed by atoms with Gasteiger partial charge in [0.25, 0.3) is 0 Å². The van der Waals surface area contributed by atoms with Crippen molar-refractivity contribution in [3.8, 4) is 0 Å². The lowest BCUT2D eigenvalue weighted by molar-refractivity contribution is -0.132. The van der Waals surface area contributed by atoms with Crippen LogP contribution in [0.2, 0.25) is 0 Å². The van der Waals surface area contributed by atoms with Crippen LogP contribution in [0.5, 0.6) is 0 Å². The second kappa shape index (κ2) is 2.79. The second-order valence-electron chi connectivity index (χ2n) is 2.42. The van der Waals surface area contributed by atoms with Crippen LogP contribution in [0.3, 0.4) is 0 Å². The SMILES string of the molecule is NNC(=O)C1CCCC1=O. The average molecular weight is 142 g/mol. The smallest absolute Gasteiger partial charge is 0.244 e. The highest BCUT2D eigenvalue weighted by molar-refractivity contribution is 6.02. The lowest BCUT2D eigenvalue weighted by atomic mass is 10.1. The van der Waals surface area contributed by atoms with Gasteiger partial charge in [-0.2, -0.15) is 0 Å². The molecule has 1 saturated carbocycles. The molecule has 0 aliphatic heterocycles. The normalized spacial score (nSPS) is 24.9. The molecule has 4 nitrogen and oxygen atoms in total. The van der Waals surface area contributed by atoms with Gasteiger partial charge in [0, 0.05) is 6.42 Å². The molecule has 0 aromatic carbocycles. The highest BCUT2D eigenvalue weighted by Gasteiger charge is 2.30. The number of ketones is 1. The Hall–Kier alpha value is -0.900. The van der Waals surface area contributed by atoms with Gasteiger partial charge in [0.15, 0.2) is 0 Å². The Labute approximate surface area is 58.7 Å². The number of carbonyl (C=O) groups is 2. The molecular weight excluding hydrogens is 132 g/mol. The van der Waals surface area contributed by atoms with E-state index in [2.05, 4.69) is 0 Å². The van der Waals surface area contributed by atoms with Crippen molar-refractivity contribution in [1.82, 2.24) is 5.43 Å². The first-order chi connectivity index (χ1) is 4.75. The van der Waals surface area contributed by atoms with Crippen molar-refractivity contribution < 1.29 is 9.59 Å². The number of carbonyl (C=O) groups excluding carboxylic acids is 2. The van der Waals surface area contributed by atoms with Crippen molar-refractivity contribution in [2.45, 2.75) is 19.3 Å². The van der Waals surface area contributed by atoms with E-state index in [1.54, 1.807) is 0 Å². The highest BCUT2D eigenvalue weighted by Crippen LogP contribution is 2.20. The first-order valence-corrected chi connectivity index (χ1v) is 3.29. The Kier molecular flexibility index (Phi) is 2.01. The Bertz CT molecular complexity index is 167. The van der Waals surface area contributed by atoms with Crippen LogP contribution in [-0.2, 0) is 9.59 Å². The predicted octanol–water partition coefficient (Wildman–Crippen LogP) is -0.655. The Balaban J connectivity index is 2.55. The van der Waals surface area contributed by atoms with E-state index < -0.39 is 5.92 Å². The maximum absolute atomic E-state index is 10.9. The van der Waals surface area contributed by atoms with Gasteiger partial charge in [0.2, 0.25) is 5.91 Å². The molecule has 0 aromatic heterocycles. The summed E-state index contributed by atoms with van der Waals surface area (Å²) in [5.41, 5.74) is 1.98. The zero-order chi connectivity index (χ0) is 7.56. The summed E-state index contributed by atoms with van der Waals surface area (Å²) >= 11 is 0. The van der Waals surface area contributed by atoms with E-state index in [1.165, 1.54) is 0 Å². The largest absolute Gasteiger partial charge is 0.299 e. The van der Waals surface area contributed by atoms with E-state index in [-0.39, 0.29) is 11.7 Å². The second-order valence-corrected chi connectivity index (χ2v) is 2.42. The molecule has 10 heavy (non-hydrogen) atoms. The number of rotatable bonds is 1. The molecule has 0 bridgehead atoms. The van der Waals surface area contributed by atoms with Crippen LogP contribution in [0.25, 0.3) is 0 Å². The standard InChI is InChI=1S/C6H10N2O2/c7-8-6(10)4-2-1-3-5(4)9/h4H,1-3,7H2,(H,8,10). The van der Waals surface area contributed by atoms with E-state index in [4.69, 9.17) is 5.84 Å². The number of nitrogens with two attached hydrogens (primary N) is 1. The molecule has 0 aromatic rings. The molecule has 1 fully saturated rings. The maximum atomic E-state index is 10.9. The predicted molar refractivity (Wildman–Crippen MR) is 34.7 cm³/mol. The van der Waals surface area contributed by atoms with Crippen molar-refractivity contribution in [3.05, 3.63) is 0 Å². The summed E-state index contributed by atoms with van der Waals surface area (Å²) in [4.78, 5) is 21.6. The van der Waals surface area contributed by atoms with Crippen LogP contribution >= 0.6 is 0 Å². The number of amides is 1. The lowest BCUT2D eigenvalue weighted by Gasteiger charge is -2.03. The van der Waals surface area contributed by atoms with Crippen molar-refractivity contribution in [2.75, 3.05) is 0 Å². The quantitative estimate of drug-likeness (QED) is 0.221. The van der Waals surface area contributed by atoms with Crippen LogP contribution in [0, 0.1) is 5.92 Å². The van der Waals surface area contributed by atoms with Gasteiger partial charge in [-0.1, -0.05) is 0 Å². The fraction of sp³-hybridized carbons (Fsp3) is 0.667. The van der Waals surface area contributed by atoms with Gasteiger partial charge < -0.3 is 0 Å². The molecule has 0 spiro atoms. The van der Waals surface area contributed by atoms with E-state index in [0.717, 1.165) is 6.42 Å². The van der Waals surface area contributed by atoms with Gasteiger partial charge in [0.1, 0.15) is 5.78 Å². The summed E-state index contributed by atoms with van der Waals surface area (Å²) in [6.45, 7) is 0. The van der Waals surface area contributed by atoms with Crippen LogP contribution in [0.15, 0.2) is 0 Å². The molecule has 0 heterocycles. The van der Waals surface area contributed by atoms with Crippen LogP contribution in [0.4, 0.5) is 0 Å². The van der Waals surface area contributed by atoms with Gasteiger partial charge in [0.05, 0.1) is 5.92 Å². The molecule has 1 rings (SSSR count). The van der Waals surface area contributed by atoms with Crippen molar-refractivity contribution in [3.63, 3.8) is 0 Å². The third-order valence-electron chi connectivity index (χ3n) is 1.76. The van der Waals surface area contributed by atoms with Crippen molar-refractivity contribution >= 4 is 11.7 Å². The van der Waals surface area contributed by atoms with Gasteiger partial charge in [-0.15, -0.1) is 0 Å². The molecule has 4 heteroatoms. The van der Waals surface area contributed by atoms with E-state index in [1.807, 2.05) is 5.43 Å². The first-order valence-electron chi connectivity index (χ1n) is 3.29. The highest BCUT2D eigenvalue weighted by atomic mass is 16.2. The molecule has 1 aliphatic rings. The molecule has 56 valence electrons. The summed E-state index contributed by atoms with van der Waals surface area (Å²) in [6, 6.07) is 0. The van der Waals surface area contributed by atoms with Crippen LogP contribution < -0.4 is 11.3 Å². The van der Waals surface area contributed by atoms with Gasteiger partial charge in [-0.25, -0.2) is 5.84 Å². The molecule has 1 amide bonds. The zero-order valence-corrected chi connectivity index (χ0v) is 5.59. The summed E-state index contributed by atoms with van der Waals surface area (Å²) in [5, 5.41) is 0. The minimum atomic E-state index is -0.468. The monoisotopic (exact) mass is 142 g/mol. The molecule has 1 atom stereocenters. The zero-order valence-electron chi connectivity index (χ0n) is 5.59. The summed E-state index contributed by atoms with van der Waals surface area (Å²) < 4.78 is 0. The molecular formula is C6H10N2O2. The lowest BCUT2D eigenvalue weighted by Crippen LogP contribution is -2.37. The third kappa shape index (κ3) is 1.16. The van der Waals surface area contributed by atoms with Gasteiger partial charge in [-0.05, 0) is 12.8 Å². The number of Topliss-reactive ketones (excluding diaryl/α,β-unsaturated/α-hetero) is 1. The average Bonchev–Trinajstić information content (AvgIpc) is 2.34. The Morgan fingerprint density at radius 2 is 2.40 bits per heavy atom. The summed E-state index contributed by atoms with van der Waals surface area (Å²) in [7, 11) is 0. The molecule has 1 aliphatic carbocycles. The minimum Gasteiger partial charge on any atom is -0.299 e. The number of nitrogens with one attached hydrogen (secondary N) is 1. The topological polar surface area (TPSA) is 72.2 Å². The molecule has 1 unspecified atom stereocenters. The summed E-state index contributed by atoms with van der Waals surface area (Å²) in [5.74, 6) is 4.07. The third-order valence-corrected chi connectivity index (χ3v) is 1.76. The van der Waals surface area contributed by atoms with E-state index in [0.29, 0.717) is 12.8 Å². The number of hydrogen-bond acceptors (Lipinski definition) is 3. The minimum absolute atomic E-state index is 0.0166. The Morgan fingerprint density at radius 3 is 2.80 bits per heavy atom. The molecule has 0 saturated heterocycles. The van der Waals surface area contributed by atoms with Crippen LogP contribution in [0.1, 0.15) is 19.3 Å². The summed E-state index contributed by atoms with van der Waals surface area (Å²) in [6.07, 6.45) is 2.00. The van der Waals surface area contributed by atoms with E-state index in [9.17, 15) is 9.59 Å². The number of hydrogen-bond donors (Lipinski definition) is 2. The molecule has 0 radical (unpaired) electrons. The first kappa shape index (κ1) is 7.21. The van der Waals surface area contributed by atoms with Crippen molar-refractivity contribution in [1.29, 1.82) is 0 Å². The van der Waals surface area contributed by atoms with Gasteiger partial charge in [-0.3, -0.25) is 15.0 Å². The van der Waals surface area contributed by atoms with E-state index >= 15 is 0 Å². The molecule has 3 N–H and O–H groups in total. The fourth-order valence-corrected chi connectivity index (χ4v) is 1.19. The van der Waals surface area contributed by atoms with Gasteiger partial charge >= 0.3 is 0 Å². The maximum Gasteiger partial charge on any atom is 0.244 e. The van der Waals surface area contributed by atoms with Crippen molar-refractivity contribution in [2.24, 2.45) is 11.8 Å².